The number of nitrogens with one attached hydrogen (secondary N) is 2. The molecule has 0 fully saturated rings. The average molecular weight is 1310 g/mol. The third-order valence-electron chi connectivity index (χ3n) is 13.7. The van der Waals surface area contributed by atoms with E-state index in [0.29, 0.717) is 71.5 Å². The molecule has 2 aliphatic heterocycles. The maximum atomic E-state index is 12.9. The number of oxazole rings is 2. The Labute approximate surface area is 529 Å². The molecular weight excluding hydrogens is 1250 g/mol. The van der Waals surface area contributed by atoms with Crippen molar-refractivity contribution < 1.29 is 88.7 Å². The lowest BCUT2D eigenvalue weighted by Gasteiger charge is -2.15. The lowest BCUT2D eigenvalue weighted by molar-refractivity contribution is -0.138. The predicted molar refractivity (Wildman–Crippen MR) is 327 cm³/mol. The fraction of sp³-hybridized carbons (Fsp3) is 0.258. The normalized spacial score (nSPS) is 12.8. The molecule has 6 N–H and O–H groups in total. The quantitative estimate of drug-likeness (QED) is 0.0141. The number of hydrogen-bond acceptors (Lipinski definition) is 21. The maximum Gasteiger partial charge on any atom is 0.416 e. The summed E-state index contributed by atoms with van der Waals surface area (Å²) in [5.41, 5.74) is 3.22. The first-order valence-corrected chi connectivity index (χ1v) is 28.2. The number of nitrogens with zero attached hydrogens (tertiary/aromatic N) is 10. The molecule has 10 aromatic rings. The molecule has 4 amide bonds. The molecule has 32 heteroatoms. The van der Waals surface area contributed by atoms with Gasteiger partial charge in [-0.2, -0.15) is 36.3 Å². The Bertz CT molecular complexity index is 4360. The van der Waals surface area contributed by atoms with Gasteiger partial charge in [0.05, 0.1) is 74.2 Å². The highest BCUT2D eigenvalue weighted by Crippen LogP contribution is 2.35. The van der Waals surface area contributed by atoms with Crippen molar-refractivity contribution in [3.63, 3.8) is 0 Å². The second-order valence-electron chi connectivity index (χ2n) is 21.1. The minimum Gasteiger partial charge on any atom is -0.478 e. The molecule has 0 unspecified atom stereocenters. The molecule has 94 heavy (non-hydrogen) atoms. The van der Waals surface area contributed by atoms with Crippen molar-refractivity contribution in [3.05, 3.63) is 166 Å². The summed E-state index contributed by atoms with van der Waals surface area (Å²) in [6, 6.07) is 28.7. The molecule has 6 heterocycles. The Hall–Kier alpha value is -10.5. The highest BCUT2D eigenvalue weighted by Gasteiger charge is 2.37. The van der Waals surface area contributed by atoms with Crippen LogP contribution in [0.5, 0.6) is 0 Å². The number of aromatic carboxylic acids is 1. The number of hydroxylamine groups is 4. The Morgan fingerprint density at radius 2 is 1.00 bits per heavy atom. The lowest BCUT2D eigenvalue weighted by Crippen LogP contribution is -2.32. The first-order valence-electron chi connectivity index (χ1n) is 28.2. The number of amides is 4. The molecule has 0 saturated heterocycles. The Balaban J connectivity index is 0.000000163. The molecule has 6 aromatic carbocycles. The van der Waals surface area contributed by atoms with Gasteiger partial charge >= 0.3 is 30.4 Å². The molecule has 0 spiro atoms. The Morgan fingerprint density at radius 1 is 0.574 bits per heavy atom. The van der Waals surface area contributed by atoms with Gasteiger partial charge in [-0.1, -0.05) is 31.2 Å². The smallest absolute Gasteiger partial charge is 0.416 e. The van der Waals surface area contributed by atoms with E-state index in [2.05, 4.69) is 35.4 Å². The molecule has 4 aromatic heterocycles. The summed E-state index contributed by atoms with van der Waals surface area (Å²) in [6.45, 7) is 4.92. The summed E-state index contributed by atoms with van der Waals surface area (Å²) in [7, 11) is 11.2. The van der Waals surface area contributed by atoms with E-state index in [0.717, 1.165) is 47.8 Å². The number of carboxylic acid groups (broad SMARTS) is 1. The van der Waals surface area contributed by atoms with Crippen molar-refractivity contribution in [2.24, 2.45) is 20.0 Å². The molecule has 0 bridgehead atoms. The number of carbonyl (C=O) groups excluding carboxylic acids is 5. The van der Waals surface area contributed by atoms with Gasteiger partial charge in [-0.15, -0.1) is 10.1 Å². The fourth-order valence-electron chi connectivity index (χ4n) is 8.83. The van der Waals surface area contributed by atoms with Crippen LogP contribution in [0, 0.1) is 0 Å². The van der Waals surface area contributed by atoms with Gasteiger partial charge in [0.25, 0.3) is 23.6 Å². The number of benzene rings is 6. The number of ether oxygens (including phenoxy) is 1. The van der Waals surface area contributed by atoms with Crippen LogP contribution in [0.2, 0.25) is 0 Å². The van der Waals surface area contributed by atoms with Gasteiger partial charge in [0.1, 0.15) is 17.6 Å². The van der Waals surface area contributed by atoms with Crippen LogP contribution in [0.1, 0.15) is 86.6 Å². The van der Waals surface area contributed by atoms with Crippen LogP contribution in [-0.4, -0.2) is 162 Å². The standard InChI is InChI=1S/C21H19F3N4O3.C17H11F3N4O3.C12H14N2O3.C8H5NO3.C4H12N2O/c1-3-8-30-11-17(29)12-4-7-16-15(9-12)25-19(28(16)2)27-20-26-14-6-5-13(21(22,23)24)10-18(14)31-20;1-24-12-5-2-8(14(25)26)6-11(12)21-15(24)23-16-22-10-4-3-9(17(18,19)20)7-13(10)27-16;1-13(2)7-8-17-14-11(15)9-5-3-4-6-10(9)12(14)16;10-7-5-3-1-2-4-6(5)8(11)9(7)12;1-6(2)3-4-7-5/h4-7,9-10H,3,8,11H2,1-2H3,(H,25,26,27);2-7H,1H3,(H,25,26)(H,21,22,23);3-6H,7-8H2,1-2H3;1-4,12H;3-5H2,1-2H3. The molecule has 2 aliphatic rings. The zero-order valence-electron chi connectivity index (χ0n) is 51.2. The maximum absolute atomic E-state index is 12.9. The van der Waals surface area contributed by atoms with Crippen LogP contribution in [0.3, 0.4) is 0 Å². The largest absolute Gasteiger partial charge is 0.478 e. The van der Waals surface area contributed by atoms with Crippen molar-refractivity contribution in [1.29, 1.82) is 0 Å². The van der Waals surface area contributed by atoms with Crippen LogP contribution >= 0.6 is 0 Å². The molecular formula is C62H61F6N13O13. The number of aryl methyl sites for hydroxylation is 2. The summed E-state index contributed by atoms with van der Waals surface area (Å²) in [5.74, 6) is 2.12. The number of carboxylic acids is 1. The van der Waals surface area contributed by atoms with Gasteiger partial charge in [-0.25, -0.2) is 20.7 Å². The van der Waals surface area contributed by atoms with Crippen LogP contribution in [0.25, 0.3) is 44.3 Å². The van der Waals surface area contributed by atoms with Crippen LogP contribution < -0.4 is 16.5 Å². The van der Waals surface area contributed by atoms with Crippen LogP contribution in [0.15, 0.2) is 130 Å². The number of imide groups is 2. The fourth-order valence-corrected chi connectivity index (χ4v) is 8.83. The monoisotopic (exact) mass is 1310 g/mol. The third-order valence-corrected chi connectivity index (χ3v) is 13.7. The van der Waals surface area contributed by atoms with Crippen molar-refractivity contribution >= 4 is 104 Å². The number of ketones is 1. The Morgan fingerprint density at radius 3 is 1.40 bits per heavy atom. The Kier molecular flexibility index (Phi) is 22.0. The van der Waals surface area contributed by atoms with E-state index >= 15 is 0 Å². The number of anilines is 4. The van der Waals surface area contributed by atoms with E-state index < -0.39 is 41.3 Å². The van der Waals surface area contributed by atoms with Crippen molar-refractivity contribution in [2.45, 2.75) is 25.7 Å². The molecule has 0 saturated carbocycles. The van der Waals surface area contributed by atoms with Gasteiger partial charge in [0.2, 0.25) is 11.9 Å². The molecule has 0 radical (unpaired) electrons. The number of Topliss-reactive ketones (excluding diaryl/α,β-unsaturated/α-hetero) is 1. The highest BCUT2D eigenvalue weighted by molar-refractivity contribution is 6.21. The topological polar surface area (TPSA) is 321 Å². The number of imidazole rings is 2. The van der Waals surface area contributed by atoms with Crippen LogP contribution in [-0.2, 0) is 40.9 Å². The number of aromatic nitrogens is 6. The number of likely N-dealkylation sites (N-methyl/N-ethyl adjacent to an activating group) is 2. The first-order chi connectivity index (χ1) is 44.6. The van der Waals surface area contributed by atoms with Gasteiger partial charge in [0, 0.05) is 39.4 Å². The van der Waals surface area contributed by atoms with Gasteiger partial charge < -0.3 is 42.4 Å². The number of nitrogens with two attached hydrogens (primary N) is 1. The number of fused-ring (bicyclic) bond motifs is 6. The molecule has 0 atom stereocenters. The van der Waals surface area contributed by atoms with Crippen molar-refractivity contribution in [3.8, 4) is 0 Å². The van der Waals surface area contributed by atoms with E-state index in [1.807, 2.05) is 44.9 Å². The van der Waals surface area contributed by atoms with E-state index in [1.54, 1.807) is 83.9 Å². The molecule has 26 nitrogen and oxygen atoms in total. The lowest BCUT2D eigenvalue weighted by atomic mass is 10.1. The number of rotatable bonds is 17. The minimum absolute atomic E-state index is 0.000105. The minimum atomic E-state index is -4.48. The second-order valence-corrected chi connectivity index (χ2v) is 21.1. The zero-order chi connectivity index (χ0) is 68.3. The highest BCUT2D eigenvalue weighted by atomic mass is 19.4. The molecule has 494 valence electrons. The summed E-state index contributed by atoms with van der Waals surface area (Å²) in [5, 5.41) is 24.6. The first kappa shape index (κ1) is 69.4. The summed E-state index contributed by atoms with van der Waals surface area (Å²) in [4.78, 5) is 99.6. The van der Waals surface area contributed by atoms with Gasteiger partial charge in [-0.3, -0.25) is 44.7 Å². The average Bonchev–Trinajstić information content (AvgIpc) is 1.72. The van der Waals surface area contributed by atoms with E-state index in [1.165, 1.54) is 36.4 Å². The van der Waals surface area contributed by atoms with E-state index in [-0.39, 0.29) is 80.2 Å². The molecule has 0 aliphatic carbocycles. The molecule has 12 rings (SSSR count). The number of carbonyl (C=O) groups is 6. The van der Waals surface area contributed by atoms with Crippen molar-refractivity contribution in [2.75, 3.05) is 78.3 Å². The van der Waals surface area contributed by atoms with Crippen molar-refractivity contribution in [1.82, 2.24) is 49.0 Å². The predicted octanol–water partition coefficient (Wildman–Crippen LogP) is 10.1. The third kappa shape index (κ3) is 16.6. The second kappa shape index (κ2) is 29.9. The van der Waals surface area contributed by atoms with Gasteiger partial charge in [-0.05, 0) is 132 Å². The summed E-state index contributed by atoms with van der Waals surface area (Å²) >= 11 is 0. The van der Waals surface area contributed by atoms with E-state index in [9.17, 15) is 55.1 Å². The van der Waals surface area contributed by atoms with E-state index in [4.69, 9.17) is 34.6 Å². The van der Waals surface area contributed by atoms with Gasteiger partial charge in [0.15, 0.2) is 16.9 Å². The van der Waals surface area contributed by atoms with Crippen LogP contribution in [0.4, 0.5) is 50.3 Å². The number of alkyl halides is 6. The summed E-state index contributed by atoms with van der Waals surface area (Å²) in [6.07, 6.45) is -8.12. The number of hydrogen-bond donors (Lipinski definition) is 5. The zero-order valence-corrected chi connectivity index (χ0v) is 51.2. The SMILES string of the molecule is CCCOCC(=O)c1ccc2c(c1)nc(Nc1nc3ccc(C(F)(F)F)cc3o1)n2C.CN(C)CCON.CN(C)CCON1C(=O)c2ccccc2C1=O.Cn1c(Nc2nc3ccc(C(F)(F)F)cc3o2)nc2cc(C(=O)O)ccc21.O=C1c2ccccc2C(=O)N1O. The summed E-state index contributed by atoms with van der Waals surface area (Å²) < 4.78 is 96.5. The number of halogens is 6.